The van der Waals surface area contributed by atoms with Gasteiger partial charge in [-0.3, -0.25) is 0 Å². The number of fused-ring (bicyclic) bond motifs is 1. The van der Waals surface area contributed by atoms with Crippen molar-refractivity contribution in [1.82, 2.24) is 15.3 Å². The van der Waals surface area contributed by atoms with Crippen molar-refractivity contribution in [3.8, 4) is 5.75 Å². The highest BCUT2D eigenvalue weighted by atomic mass is 19.1. The number of nitrogens with one attached hydrogen (secondary N) is 2. The number of aromatic nitrogens is 2. The van der Waals surface area contributed by atoms with E-state index in [9.17, 15) is 4.39 Å². The van der Waals surface area contributed by atoms with Gasteiger partial charge in [-0.2, -0.15) is 4.98 Å². The average Bonchev–Trinajstić information content (AvgIpc) is 2.84. The van der Waals surface area contributed by atoms with E-state index in [0.717, 1.165) is 29.8 Å². The largest absolute Gasteiger partial charge is 0.497 e. The van der Waals surface area contributed by atoms with E-state index in [1.54, 1.807) is 19.2 Å². The fraction of sp³-hybridized carbons (Fsp3) is 0.462. The Balaban J connectivity index is 1.24. The average molecular weight is 452 g/mol. The number of rotatable bonds is 9. The Hall–Kier alpha value is -2.93. The van der Waals surface area contributed by atoms with E-state index in [2.05, 4.69) is 16.7 Å². The van der Waals surface area contributed by atoms with Gasteiger partial charge in [0.25, 0.3) is 0 Å². The van der Waals surface area contributed by atoms with Gasteiger partial charge in [0.15, 0.2) is 0 Å². The van der Waals surface area contributed by atoms with E-state index < -0.39 is 0 Å². The lowest BCUT2D eigenvalue weighted by Gasteiger charge is -2.29. The Labute approximate surface area is 195 Å². The quantitative estimate of drug-likeness (QED) is 0.485. The van der Waals surface area contributed by atoms with E-state index in [1.165, 1.54) is 31.7 Å². The summed E-state index contributed by atoms with van der Waals surface area (Å²) in [7, 11) is 5.62. The van der Waals surface area contributed by atoms with Crippen LogP contribution in [0.15, 0.2) is 42.5 Å². The molecule has 1 saturated carbocycles. The SMILES string of the molecule is COc1ccc(F)c(CNCC2CCC(CNc3nc(N(C)C)c4ccccc4n3)CC2)c1. The monoisotopic (exact) mass is 451 g/mol. The molecule has 0 radical (unpaired) electrons. The lowest BCUT2D eigenvalue weighted by Crippen LogP contribution is -2.28. The molecule has 1 aliphatic rings. The first-order valence-electron chi connectivity index (χ1n) is 11.7. The van der Waals surface area contributed by atoms with E-state index in [4.69, 9.17) is 14.7 Å². The number of hydrogen-bond donors (Lipinski definition) is 2. The molecule has 0 atom stereocenters. The molecule has 2 aromatic carbocycles. The second-order valence-electron chi connectivity index (χ2n) is 9.14. The zero-order valence-corrected chi connectivity index (χ0v) is 19.8. The van der Waals surface area contributed by atoms with Gasteiger partial charge in [-0.15, -0.1) is 0 Å². The maximum absolute atomic E-state index is 14.0. The van der Waals surface area contributed by atoms with Crippen molar-refractivity contribution in [2.24, 2.45) is 11.8 Å². The first-order valence-corrected chi connectivity index (χ1v) is 11.7. The maximum Gasteiger partial charge on any atom is 0.225 e. The second kappa shape index (κ2) is 10.8. The van der Waals surface area contributed by atoms with Crippen molar-refractivity contribution in [2.45, 2.75) is 32.2 Å². The van der Waals surface area contributed by atoms with Crippen molar-refractivity contribution in [3.63, 3.8) is 0 Å². The number of anilines is 2. The Morgan fingerprint density at radius 2 is 1.73 bits per heavy atom. The molecule has 0 spiro atoms. The predicted octanol–water partition coefficient (Wildman–Crippen LogP) is 4.85. The van der Waals surface area contributed by atoms with Gasteiger partial charge in [-0.05, 0) is 74.4 Å². The summed E-state index contributed by atoms with van der Waals surface area (Å²) in [5, 5.41) is 7.98. The van der Waals surface area contributed by atoms with Crippen molar-refractivity contribution in [1.29, 1.82) is 0 Å². The van der Waals surface area contributed by atoms with Crippen LogP contribution in [0.4, 0.5) is 16.2 Å². The van der Waals surface area contributed by atoms with Crippen LogP contribution in [0.5, 0.6) is 5.75 Å². The summed E-state index contributed by atoms with van der Waals surface area (Å²) in [6, 6.07) is 13.0. The lowest BCUT2D eigenvalue weighted by atomic mass is 9.82. The number of hydrogen-bond acceptors (Lipinski definition) is 6. The zero-order chi connectivity index (χ0) is 23.2. The first-order chi connectivity index (χ1) is 16.0. The number of methoxy groups -OCH3 is 1. The van der Waals surface area contributed by atoms with Crippen LogP contribution in [-0.2, 0) is 6.54 Å². The normalized spacial score (nSPS) is 18.3. The highest BCUT2D eigenvalue weighted by Gasteiger charge is 2.21. The fourth-order valence-corrected chi connectivity index (χ4v) is 4.58. The second-order valence-corrected chi connectivity index (χ2v) is 9.14. The highest BCUT2D eigenvalue weighted by Crippen LogP contribution is 2.29. The third-order valence-electron chi connectivity index (χ3n) is 6.52. The van der Waals surface area contributed by atoms with Gasteiger partial charge in [-0.25, -0.2) is 9.37 Å². The maximum atomic E-state index is 14.0. The predicted molar refractivity (Wildman–Crippen MR) is 132 cm³/mol. The summed E-state index contributed by atoms with van der Waals surface area (Å²) in [4.78, 5) is 11.5. The van der Waals surface area contributed by atoms with Gasteiger partial charge in [0, 0.05) is 38.1 Å². The van der Waals surface area contributed by atoms with Gasteiger partial charge in [-0.1, -0.05) is 12.1 Å². The molecule has 3 aromatic rings. The molecule has 7 heteroatoms. The number of para-hydroxylation sites is 1. The van der Waals surface area contributed by atoms with Gasteiger partial charge in [0.05, 0.1) is 12.6 Å². The minimum Gasteiger partial charge on any atom is -0.497 e. The molecular weight excluding hydrogens is 417 g/mol. The summed E-state index contributed by atoms with van der Waals surface area (Å²) in [5.41, 5.74) is 1.61. The van der Waals surface area contributed by atoms with E-state index in [-0.39, 0.29) is 5.82 Å². The van der Waals surface area contributed by atoms with E-state index in [1.807, 2.05) is 37.2 Å². The van der Waals surface area contributed by atoms with E-state index in [0.29, 0.717) is 35.6 Å². The Morgan fingerprint density at radius 3 is 2.45 bits per heavy atom. The third-order valence-corrected chi connectivity index (χ3v) is 6.52. The topological polar surface area (TPSA) is 62.3 Å². The summed E-state index contributed by atoms with van der Waals surface area (Å²) >= 11 is 0. The minimum absolute atomic E-state index is 0.189. The summed E-state index contributed by atoms with van der Waals surface area (Å²) in [6.07, 6.45) is 4.73. The molecule has 1 aliphatic carbocycles. The molecular formula is C26H34FN5O. The lowest BCUT2D eigenvalue weighted by molar-refractivity contribution is 0.275. The Morgan fingerprint density at radius 1 is 1.00 bits per heavy atom. The molecule has 0 aliphatic heterocycles. The van der Waals surface area contributed by atoms with Gasteiger partial charge >= 0.3 is 0 Å². The van der Waals surface area contributed by atoms with Gasteiger partial charge in [0.2, 0.25) is 5.95 Å². The molecule has 1 aromatic heterocycles. The first kappa shape index (κ1) is 23.2. The summed E-state index contributed by atoms with van der Waals surface area (Å²) in [6.45, 7) is 2.33. The molecule has 1 heterocycles. The molecule has 6 nitrogen and oxygen atoms in total. The minimum atomic E-state index is -0.189. The van der Waals surface area contributed by atoms with Crippen LogP contribution >= 0.6 is 0 Å². The van der Waals surface area contributed by atoms with Crippen LogP contribution in [0.1, 0.15) is 31.2 Å². The Bertz CT molecular complexity index is 1070. The third kappa shape index (κ3) is 5.90. The molecule has 33 heavy (non-hydrogen) atoms. The van der Waals surface area contributed by atoms with Crippen LogP contribution in [0.2, 0.25) is 0 Å². The number of nitrogens with zero attached hydrogens (tertiary/aromatic N) is 3. The molecule has 0 amide bonds. The molecule has 0 unspecified atom stereocenters. The molecule has 1 fully saturated rings. The van der Waals surface area contributed by atoms with Crippen molar-refractivity contribution in [2.75, 3.05) is 44.5 Å². The summed E-state index contributed by atoms with van der Waals surface area (Å²) < 4.78 is 19.2. The van der Waals surface area contributed by atoms with Crippen molar-refractivity contribution >= 4 is 22.7 Å². The van der Waals surface area contributed by atoms with Crippen molar-refractivity contribution in [3.05, 3.63) is 53.8 Å². The standard InChI is InChI=1S/C26H34FN5O/c1-32(2)25-22-6-4-5-7-24(22)30-26(31-25)29-16-19-10-8-18(9-11-19)15-28-17-20-14-21(33-3)12-13-23(20)27/h4-7,12-14,18-19,28H,8-11,15-17H2,1-3H3,(H,29,30,31). The highest BCUT2D eigenvalue weighted by molar-refractivity contribution is 5.90. The van der Waals surface area contributed by atoms with Crippen LogP contribution in [0.3, 0.4) is 0 Å². The van der Waals surface area contributed by atoms with Crippen molar-refractivity contribution < 1.29 is 9.13 Å². The molecule has 0 saturated heterocycles. The van der Waals surface area contributed by atoms with Crippen LogP contribution in [0, 0.1) is 17.7 Å². The molecule has 0 bridgehead atoms. The number of ether oxygens (including phenoxy) is 1. The fourth-order valence-electron chi connectivity index (χ4n) is 4.58. The number of halogens is 1. The van der Waals surface area contributed by atoms with Crippen LogP contribution < -0.4 is 20.3 Å². The Kier molecular flexibility index (Phi) is 7.60. The molecule has 2 N–H and O–H groups in total. The number of benzene rings is 2. The van der Waals surface area contributed by atoms with Gasteiger partial charge < -0.3 is 20.3 Å². The van der Waals surface area contributed by atoms with Crippen LogP contribution in [0.25, 0.3) is 10.9 Å². The van der Waals surface area contributed by atoms with E-state index >= 15 is 0 Å². The molecule has 176 valence electrons. The molecule has 4 rings (SSSR count). The van der Waals surface area contributed by atoms with Gasteiger partial charge in [0.1, 0.15) is 17.4 Å². The zero-order valence-electron chi connectivity index (χ0n) is 19.8. The smallest absolute Gasteiger partial charge is 0.225 e. The van der Waals surface area contributed by atoms with Crippen LogP contribution in [-0.4, -0.2) is 44.3 Å². The summed E-state index contributed by atoms with van der Waals surface area (Å²) in [5.74, 6) is 3.38.